The van der Waals surface area contributed by atoms with Crippen molar-refractivity contribution < 1.29 is 4.39 Å². The molecule has 0 bridgehead atoms. The van der Waals surface area contributed by atoms with Gasteiger partial charge in [0, 0.05) is 26.2 Å². The van der Waals surface area contributed by atoms with E-state index in [-0.39, 0.29) is 5.82 Å². The molecule has 0 spiro atoms. The Morgan fingerprint density at radius 3 is 2.86 bits per heavy atom. The van der Waals surface area contributed by atoms with Crippen LogP contribution in [0.3, 0.4) is 0 Å². The van der Waals surface area contributed by atoms with Crippen molar-refractivity contribution in [2.45, 2.75) is 44.6 Å². The normalized spacial score (nSPS) is 23.6. The third kappa shape index (κ3) is 3.66. The zero-order valence-corrected chi connectivity index (χ0v) is 13.3. The van der Waals surface area contributed by atoms with Crippen molar-refractivity contribution in [3.63, 3.8) is 0 Å². The summed E-state index contributed by atoms with van der Waals surface area (Å²) < 4.78 is 13.3. The molecule has 0 aromatic carbocycles. The van der Waals surface area contributed by atoms with Gasteiger partial charge in [-0.1, -0.05) is 19.3 Å². The summed E-state index contributed by atoms with van der Waals surface area (Å²) in [6, 6.07) is 0.803. The summed E-state index contributed by atoms with van der Waals surface area (Å²) in [5.74, 6) is 0.959. The molecule has 0 unspecified atom stereocenters. The fourth-order valence-corrected chi connectivity index (χ4v) is 3.67. The van der Waals surface area contributed by atoms with Gasteiger partial charge in [0.25, 0.3) is 0 Å². The first kappa shape index (κ1) is 15.5. The van der Waals surface area contributed by atoms with E-state index in [4.69, 9.17) is 0 Å². The third-order valence-electron chi connectivity index (χ3n) is 4.94. The summed E-state index contributed by atoms with van der Waals surface area (Å²) in [7, 11) is 1.66. The number of nitrogens with zero attached hydrogens (tertiary/aromatic N) is 3. The lowest BCUT2D eigenvalue weighted by Crippen LogP contribution is -2.35. The van der Waals surface area contributed by atoms with Gasteiger partial charge in [-0.25, -0.2) is 9.37 Å². The van der Waals surface area contributed by atoms with E-state index >= 15 is 0 Å². The molecule has 1 aliphatic carbocycles. The van der Waals surface area contributed by atoms with Gasteiger partial charge in [-0.3, -0.25) is 0 Å². The van der Waals surface area contributed by atoms with Gasteiger partial charge in [-0.2, -0.15) is 4.98 Å². The highest BCUT2D eigenvalue weighted by molar-refractivity contribution is 5.40. The number of halogens is 1. The van der Waals surface area contributed by atoms with Crippen molar-refractivity contribution in [3.8, 4) is 0 Å². The minimum atomic E-state index is -0.419. The minimum absolute atomic E-state index is 0.243. The van der Waals surface area contributed by atoms with E-state index in [1.54, 1.807) is 7.05 Å². The molecule has 1 aromatic rings. The molecule has 6 heteroatoms. The molecule has 1 saturated heterocycles. The van der Waals surface area contributed by atoms with Crippen LogP contribution in [0, 0.1) is 11.7 Å². The van der Waals surface area contributed by atoms with Crippen LogP contribution in [0.15, 0.2) is 6.20 Å². The Morgan fingerprint density at radius 1 is 1.27 bits per heavy atom. The lowest BCUT2D eigenvalue weighted by molar-refractivity contribution is 0.186. The Labute approximate surface area is 131 Å². The summed E-state index contributed by atoms with van der Waals surface area (Å²) in [5.41, 5.74) is 0. The molecule has 3 rings (SSSR count). The van der Waals surface area contributed by atoms with Crippen molar-refractivity contribution in [1.29, 1.82) is 0 Å². The monoisotopic (exact) mass is 307 g/mol. The molecule has 0 radical (unpaired) electrons. The molecule has 2 fully saturated rings. The van der Waals surface area contributed by atoms with Crippen LogP contribution in [0.4, 0.5) is 16.2 Å². The Balaban J connectivity index is 1.48. The van der Waals surface area contributed by atoms with Crippen molar-refractivity contribution in [1.82, 2.24) is 14.9 Å². The van der Waals surface area contributed by atoms with Crippen LogP contribution in [-0.2, 0) is 0 Å². The van der Waals surface area contributed by atoms with Crippen molar-refractivity contribution in [2.24, 2.45) is 5.92 Å². The second kappa shape index (κ2) is 7.22. The van der Waals surface area contributed by atoms with E-state index < -0.39 is 5.82 Å². The van der Waals surface area contributed by atoms with Crippen molar-refractivity contribution in [3.05, 3.63) is 12.0 Å². The van der Waals surface area contributed by atoms with E-state index in [1.807, 2.05) is 0 Å². The van der Waals surface area contributed by atoms with Crippen LogP contribution in [0.2, 0.25) is 0 Å². The van der Waals surface area contributed by atoms with E-state index in [2.05, 4.69) is 25.5 Å². The Bertz CT molecular complexity index is 489. The fraction of sp³-hybridized carbons (Fsp3) is 0.750. The summed E-state index contributed by atoms with van der Waals surface area (Å²) in [5, 5.41) is 6.00. The molecule has 2 N–H and O–H groups in total. The molecular weight excluding hydrogens is 281 g/mol. The summed E-state index contributed by atoms with van der Waals surface area (Å²) in [4.78, 5) is 10.8. The second-order valence-electron chi connectivity index (χ2n) is 6.46. The predicted molar refractivity (Wildman–Crippen MR) is 86.6 cm³/mol. The quantitative estimate of drug-likeness (QED) is 0.876. The van der Waals surface area contributed by atoms with Gasteiger partial charge in [0.15, 0.2) is 11.6 Å². The molecule has 0 amide bonds. The highest BCUT2D eigenvalue weighted by Gasteiger charge is 2.28. The smallest absolute Gasteiger partial charge is 0.224 e. The topological polar surface area (TPSA) is 53.1 Å². The van der Waals surface area contributed by atoms with E-state index in [9.17, 15) is 4.39 Å². The lowest BCUT2D eigenvalue weighted by Gasteiger charge is -2.31. The van der Waals surface area contributed by atoms with Crippen LogP contribution in [0.25, 0.3) is 0 Å². The largest absolute Gasteiger partial charge is 0.371 e. The number of rotatable bonds is 5. The van der Waals surface area contributed by atoms with Crippen LogP contribution in [0.5, 0.6) is 0 Å². The maximum atomic E-state index is 13.3. The third-order valence-corrected chi connectivity index (χ3v) is 4.94. The average Bonchev–Trinajstić information content (AvgIpc) is 3.04. The standard InChI is InChI=1S/C16H26FN5/c1-18-15-14(17)10-20-16(21-15)19-9-12-7-8-22(11-12)13-5-3-2-4-6-13/h10,12-13H,2-9,11H2,1H3,(H2,18,19,20,21)/t12-/m1/s1. The number of likely N-dealkylation sites (tertiary alicyclic amines) is 1. The molecular formula is C16H26FN5. The van der Waals surface area contributed by atoms with Gasteiger partial charge < -0.3 is 15.5 Å². The van der Waals surface area contributed by atoms with Gasteiger partial charge >= 0.3 is 0 Å². The van der Waals surface area contributed by atoms with Gasteiger partial charge in [0.05, 0.1) is 6.20 Å². The van der Waals surface area contributed by atoms with E-state index in [1.165, 1.54) is 51.3 Å². The van der Waals surface area contributed by atoms with Crippen LogP contribution < -0.4 is 10.6 Å². The first-order valence-electron chi connectivity index (χ1n) is 8.44. The molecule has 1 aliphatic heterocycles. The highest BCUT2D eigenvalue weighted by Crippen LogP contribution is 2.27. The molecule has 1 saturated carbocycles. The molecule has 1 atom stereocenters. The van der Waals surface area contributed by atoms with Gasteiger partial charge in [-0.15, -0.1) is 0 Å². The number of anilines is 2. The summed E-state index contributed by atoms with van der Waals surface area (Å²) in [6.07, 6.45) is 9.36. The van der Waals surface area contributed by atoms with Gasteiger partial charge in [0.1, 0.15) is 0 Å². The highest BCUT2D eigenvalue weighted by atomic mass is 19.1. The zero-order valence-electron chi connectivity index (χ0n) is 13.3. The van der Waals surface area contributed by atoms with Crippen molar-refractivity contribution >= 4 is 11.8 Å². The molecule has 2 aliphatic rings. The zero-order chi connectivity index (χ0) is 15.4. The van der Waals surface area contributed by atoms with Gasteiger partial charge in [-0.05, 0) is 31.7 Å². The number of nitrogens with one attached hydrogen (secondary N) is 2. The molecule has 122 valence electrons. The van der Waals surface area contributed by atoms with Crippen molar-refractivity contribution in [2.75, 3.05) is 37.3 Å². The number of hydrogen-bond donors (Lipinski definition) is 2. The van der Waals surface area contributed by atoms with Crippen LogP contribution in [-0.4, -0.2) is 47.6 Å². The minimum Gasteiger partial charge on any atom is -0.371 e. The maximum absolute atomic E-state index is 13.3. The maximum Gasteiger partial charge on any atom is 0.224 e. The first-order valence-corrected chi connectivity index (χ1v) is 8.44. The fourth-order valence-electron chi connectivity index (χ4n) is 3.67. The van der Waals surface area contributed by atoms with Gasteiger partial charge in [0.2, 0.25) is 5.95 Å². The number of hydrogen-bond acceptors (Lipinski definition) is 5. The molecule has 2 heterocycles. The molecule has 22 heavy (non-hydrogen) atoms. The Morgan fingerprint density at radius 2 is 2.09 bits per heavy atom. The van der Waals surface area contributed by atoms with Crippen LogP contribution in [0.1, 0.15) is 38.5 Å². The lowest BCUT2D eigenvalue weighted by atomic mass is 9.94. The van der Waals surface area contributed by atoms with E-state index in [0.29, 0.717) is 11.9 Å². The Hall–Kier alpha value is -1.43. The predicted octanol–water partition coefficient (Wildman–Crippen LogP) is 2.72. The summed E-state index contributed by atoms with van der Waals surface area (Å²) >= 11 is 0. The van der Waals surface area contributed by atoms with E-state index in [0.717, 1.165) is 19.1 Å². The average molecular weight is 307 g/mol. The SMILES string of the molecule is CNc1nc(NC[C@H]2CCN(C3CCCCC3)C2)ncc1F. The first-order chi connectivity index (χ1) is 10.8. The molecule has 1 aromatic heterocycles. The summed E-state index contributed by atoms with van der Waals surface area (Å²) in [6.45, 7) is 3.23. The number of aromatic nitrogens is 2. The van der Waals surface area contributed by atoms with Crippen LogP contribution >= 0.6 is 0 Å². The molecule has 5 nitrogen and oxygen atoms in total. The Kier molecular flexibility index (Phi) is 5.08. The second-order valence-corrected chi connectivity index (χ2v) is 6.46.